The molecule has 5 aromatic rings. The predicted octanol–water partition coefficient (Wildman–Crippen LogP) is 7.30. The van der Waals surface area contributed by atoms with Gasteiger partial charge in [-0.1, -0.05) is 32.0 Å². The van der Waals surface area contributed by atoms with Gasteiger partial charge in [-0.15, -0.1) is 0 Å². The molecule has 9 rings (SSSR count). The molecule has 332 valence electrons. The zero-order valence-electron chi connectivity index (χ0n) is 36.7. The normalized spacial score (nSPS) is 22.1. The van der Waals surface area contributed by atoms with Gasteiger partial charge in [-0.05, 0) is 111 Å². The molecule has 4 N–H and O–H groups in total. The lowest BCUT2D eigenvalue weighted by molar-refractivity contribution is -0.139. The van der Waals surface area contributed by atoms with E-state index in [9.17, 15) is 19.2 Å². The number of H-pyrrole nitrogens is 2. The van der Waals surface area contributed by atoms with Gasteiger partial charge in [0, 0.05) is 36.2 Å². The van der Waals surface area contributed by atoms with Gasteiger partial charge in [0.1, 0.15) is 36.1 Å². The smallest absolute Gasteiger partial charge is 0.407 e. The van der Waals surface area contributed by atoms with Gasteiger partial charge >= 0.3 is 12.2 Å². The van der Waals surface area contributed by atoms with E-state index < -0.39 is 24.3 Å². The van der Waals surface area contributed by atoms with Gasteiger partial charge in [0.2, 0.25) is 11.8 Å². The molecule has 16 heteroatoms. The molecule has 0 spiro atoms. The summed E-state index contributed by atoms with van der Waals surface area (Å²) in [6.07, 6.45) is 5.04. The second-order valence-corrected chi connectivity index (χ2v) is 17.8. The van der Waals surface area contributed by atoms with Gasteiger partial charge in [-0.2, -0.15) is 0 Å². The predicted molar refractivity (Wildman–Crippen MR) is 235 cm³/mol. The van der Waals surface area contributed by atoms with Crippen LogP contribution in [0, 0.1) is 11.8 Å². The fourth-order valence-electron chi connectivity index (χ4n) is 10.2. The maximum Gasteiger partial charge on any atom is 0.407 e. The third kappa shape index (κ3) is 7.82. The number of fused-ring (bicyclic) bond motifs is 6. The zero-order valence-corrected chi connectivity index (χ0v) is 36.7. The van der Waals surface area contributed by atoms with Crippen molar-refractivity contribution in [2.45, 2.75) is 109 Å². The maximum atomic E-state index is 14.4. The molecule has 4 aliphatic heterocycles. The van der Waals surface area contributed by atoms with Gasteiger partial charge in [-0.25, -0.2) is 19.6 Å². The van der Waals surface area contributed by atoms with Crippen LogP contribution in [0.3, 0.4) is 0 Å². The van der Waals surface area contributed by atoms with E-state index in [0.717, 1.165) is 87.0 Å². The Hall–Kier alpha value is -6.16. The second-order valence-electron chi connectivity index (χ2n) is 17.8. The first-order valence-electron chi connectivity index (χ1n) is 22.1. The number of nitrogens with zero attached hydrogens (tertiary/aromatic N) is 4. The summed E-state index contributed by atoms with van der Waals surface area (Å²) < 4.78 is 21.8. The first-order valence-corrected chi connectivity index (χ1v) is 22.1. The van der Waals surface area contributed by atoms with Crippen molar-refractivity contribution in [2.24, 2.45) is 11.8 Å². The van der Waals surface area contributed by atoms with E-state index in [1.165, 1.54) is 14.2 Å². The van der Waals surface area contributed by atoms with E-state index in [4.69, 9.17) is 28.9 Å². The third-order valence-corrected chi connectivity index (χ3v) is 13.6. The zero-order chi connectivity index (χ0) is 44.1. The largest absolute Gasteiger partial charge is 0.488 e. The summed E-state index contributed by atoms with van der Waals surface area (Å²) in [5.41, 5.74) is 6.59. The number of hydrogen-bond donors (Lipinski definition) is 4. The number of carbonyl (C=O) groups excluding carboxylic acids is 4. The summed E-state index contributed by atoms with van der Waals surface area (Å²) >= 11 is 0. The van der Waals surface area contributed by atoms with Crippen LogP contribution in [0.5, 0.6) is 5.75 Å². The second kappa shape index (κ2) is 17.2. The number of methoxy groups -OCH3 is 2. The molecule has 4 amide bonds. The fourth-order valence-corrected chi connectivity index (χ4v) is 10.2. The molecule has 0 aliphatic carbocycles. The molecule has 1 unspecified atom stereocenters. The highest BCUT2D eigenvalue weighted by atomic mass is 16.5. The average molecular weight is 861 g/mol. The van der Waals surface area contributed by atoms with Crippen molar-refractivity contribution in [3.8, 4) is 28.1 Å². The summed E-state index contributed by atoms with van der Waals surface area (Å²) in [5.74, 6) is 1.73. The van der Waals surface area contributed by atoms with Crippen LogP contribution in [0.4, 0.5) is 9.59 Å². The molecule has 4 aliphatic rings. The number of carbonyl (C=O) groups is 4. The first kappa shape index (κ1) is 42.2. The number of nitrogens with one attached hydrogen (secondary N) is 4. The lowest BCUT2D eigenvalue weighted by Gasteiger charge is -2.36. The van der Waals surface area contributed by atoms with Gasteiger partial charge in [-0.3, -0.25) is 9.59 Å². The number of aromatic nitrogens is 4. The van der Waals surface area contributed by atoms with Crippen LogP contribution in [0.1, 0.15) is 95.5 Å². The van der Waals surface area contributed by atoms with Crippen LogP contribution in [-0.2, 0) is 30.4 Å². The summed E-state index contributed by atoms with van der Waals surface area (Å²) in [5, 5.41) is 7.58. The minimum Gasteiger partial charge on any atom is -0.488 e. The monoisotopic (exact) mass is 860 g/mol. The SMILES string of the molecule is COC(=O)N[C@H](C(=O)N1[C@@H](C)CC[C@H]1c1ncc(-c2ccc3c(c2)COc2cc4c(ccc5nc(C6CC[C@H](C)N6C(=O)[C@@H](NC(=O)OC)C6CCOCC6)[nH]c54)cc2-3)[nH]1)C(C)C. The van der Waals surface area contributed by atoms with Crippen molar-refractivity contribution in [2.75, 3.05) is 27.4 Å². The number of imidazole rings is 2. The van der Waals surface area contributed by atoms with Crippen LogP contribution >= 0.6 is 0 Å². The number of aromatic amines is 2. The van der Waals surface area contributed by atoms with Crippen LogP contribution in [0.25, 0.3) is 44.2 Å². The van der Waals surface area contributed by atoms with Crippen LogP contribution in [0.15, 0.2) is 48.7 Å². The Bertz CT molecular complexity index is 2560. The Morgan fingerprint density at radius 2 is 1.49 bits per heavy atom. The number of hydrogen-bond acceptors (Lipinski definition) is 10. The van der Waals surface area contributed by atoms with Crippen molar-refractivity contribution in [3.05, 3.63) is 65.9 Å². The van der Waals surface area contributed by atoms with Gasteiger partial charge < -0.3 is 49.3 Å². The average Bonchev–Trinajstić information content (AvgIpc) is 4.12. The molecular formula is C47H56N8O8. The van der Waals surface area contributed by atoms with Gasteiger partial charge in [0.15, 0.2) is 0 Å². The summed E-state index contributed by atoms with van der Waals surface area (Å²) in [7, 11) is 2.60. The molecule has 63 heavy (non-hydrogen) atoms. The van der Waals surface area contributed by atoms with E-state index in [1.807, 2.05) is 42.8 Å². The van der Waals surface area contributed by atoms with E-state index in [0.29, 0.717) is 38.5 Å². The minimum atomic E-state index is -0.722. The number of likely N-dealkylation sites (tertiary alicyclic amines) is 2. The molecule has 0 saturated carbocycles. The Balaban J connectivity index is 0.964. The highest BCUT2D eigenvalue weighted by molar-refractivity contribution is 6.07. The lowest BCUT2D eigenvalue weighted by atomic mass is 9.90. The summed E-state index contributed by atoms with van der Waals surface area (Å²) in [4.78, 5) is 73.5. The molecular weight excluding hydrogens is 805 g/mol. The van der Waals surface area contributed by atoms with Crippen molar-refractivity contribution >= 4 is 45.8 Å². The van der Waals surface area contributed by atoms with Crippen LogP contribution < -0.4 is 15.4 Å². The van der Waals surface area contributed by atoms with Gasteiger partial charge in [0.25, 0.3) is 0 Å². The molecule has 6 heterocycles. The first-order chi connectivity index (χ1) is 30.4. The van der Waals surface area contributed by atoms with Crippen LogP contribution in [-0.4, -0.2) is 105 Å². The van der Waals surface area contributed by atoms with Crippen molar-refractivity contribution in [3.63, 3.8) is 0 Å². The topological polar surface area (TPSA) is 193 Å². The Kier molecular flexibility index (Phi) is 11.5. The lowest BCUT2D eigenvalue weighted by Crippen LogP contribution is -2.54. The highest BCUT2D eigenvalue weighted by Gasteiger charge is 2.44. The van der Waals surface area contributed by atoms with Crippen LogP contribution in [0.2, 0.25) is 0 Å². The summed E-state index contributed by atoms with van der Waals surface area (Å²) in [6, 6.07) is 12.6. The third-order valence-electron chi connectivity index (χ3n) is 13.6. The quantitative estimate of drug-likeness (QED) is 0.117. The Morgan fingerprint density at radius 1 is 0.794 bits per heavy atom. The molecule has 0 bridgehead atoms. The number of ether oxygens (including phenoxy) is 4. The van der Waals surface area contributed by atoms with Crippen molar-refractivity contribution in [1.29, 1.82) is 0 Å². The van der Waals surface area contributed by atoms with Gasteiger partial charge in [0.05, 0.1) is 49.2 Å². The van der Waals surface area contributed by atoms with Crippen molar-refractivity contribution < 1.29 is 38.1 Å². The van der Waals surface area contributed by atoms with E-state index in [2.05, 4.69) is 63.9 Å². The maximum absolute atomic E-state index is 14.4. The molecule has 0 radical (unpaired) electrons. The minimum absolute atomic E-state index is 0.0177. The Labute approximate surface area is 365 Å². The number of benzene rings is 3. The Morgan fingerprint density at radius 3 is 2.21 bits per heavy atom. The van der Waals surface area contributed by atoms with E-state index >= 15 is 0 Å². The number of alkyl carbamates (subject to hydrolysis) is 2. The summed E-state index contributed by atoms with van der Waals surface area (Å²) in [6.45, 7) is 9.37. The molecule has 6 atom stereocenters. The molecule has 2 aromatic heterocycles. The molecule has 16 nitrogen and oxygen atoms in total. The molecule has 3 aromatic carbocycles. The van der Waals surface area contributed by atoms with Crippen molar-refractivity contribution in [1.82, 2.24) is 40.4 Å². The number of rotatable bonds is 9. The molecule has 3 saturated heterocycles. The fraction of sp³-hybridized carbons (Fsp3) is 0.489. The number of amides is 4. The van der Waals surface area contributed by atoms with E-state index in [1.54, 1.807) is 0 Å². The van der Waals surface area contributed by atoms with E-state index in [-0.39, 0.29) is 47.8 Å². The standard InChI is InChI=1S/C47H56N8O8/c1-24(2)39(52-46(58)60-5)44(56)54-25(3)7-13-36(54)42-48-22-35(50-42)29-9-11-31-30(19-29)23-63-38-21-32-28(20-33(31)38)10-12-34-41(32)51-43(49-34)37-14-8-26(4)55(37)45(57)40(53-47(59)61-6)27-15-17-62-18-16-27/h9-12,19-22,24-27,36-37,39-40H,7-8,13-18,23H2,1-6H3,(H,48,50)(H,49,51)(H,52,58)(H,53,59)/t25-,26-,36-,37?,39-,40-/m0/s1. The highest BCUT2D eigenvalue weighted by Crippen LogP contribution is 2.44. The molecule has 3 fully saturated rings.